The number of nitrogen functional groups attached to an aromatic ring is 1. The van der Waals surface area contributed by atoms with Crippen LogP contribution in [-0.4, -0.2) is 21.7 Å². The number of rotatable bonds is 3. The first-order valence-corrected chi connectivity index (χ1v) is 6.72. The summed E-state index contributed by atoms with van der Waals surface area (Å²) in [5.74, 6) is 0.419. The molecule has 1 aliphatic carbocycles. The SMILES string of the molecule is Nc1nn(CC(=O)NC2CCCCC2)cc1Br. The molecule has 94 valence electrons. The zero-order valence-electron chi connectivity index (χ0n) is 9.66. The number of amides is 1. The summed E-state index contributed by atoms with van der Waals surface area (Å²) in [6.07, 6.45) is 7.62. The molecule has 0 saturated heterocycles. The molecular formula is C11H17BrN4O. The fourth-order valence-corrected chi connectivity index (χ4v) is 2.48. The Balaban J connectivity index is 1.84. The van der Waals surface area contributed by atoms with Gasteiger partial charge in [-0.05, 0) is 28.8 Å². The molecule has 0 spiro atoms. The highest BCUT2D eigenvalue weighted by Crippen LogP contribution is 2.18. The van der Waals surface area contributed by atoms with Crippen LogP contribution < -0.4 is 11.1 Å². The number of nitrogens with two attached hydrogens (primary N) is 1. The second-order valence-corrected chi connectivity index (χ2v) is 5.32. The minimum atomic E-state index is 0.00639. The Kier molecular flexibility index (Phi) is 4.04. The third-order valence-electron chi connectivity index (χ3n) is 3.02. The summed E-state index contributed by atoms with van der Waals surface area (Å²) in [4.78, 5) is 11.8. The average molecular weight is 301 g/mol. The van der Waals surface area contributed by atoms with E-state index in [-0.39, 0.29) is 12.5 Å². The van der Waals surface area contributed by atoms with Crippen LogP contribution in [0.25, 0.3) is 0 Å². The Labute approximate surface area is 109 Å². The van der Waals surface area contributed by atoms with Gasteiger partial charge in [-0.25, -0.2) is 0 Å². The largest absolute Gasteiger partial charge is 0.381 e. The third-order valence-corrected chi connectivity index (χ3v) is 3.63. The third kappa shape index (κ3) is 3.46. The number of nitrogens with zero attached hydrogens (tertiary/aromatic N) is 2. The van der Waals surface area contributed by atoms with Crippen molar-refractivity contribution in [3.8, 4) is 0 Å². The number of aromatic nitrogens is 2. The fourth-order valence-electron chi connectivity index (χ4n) is 2.16. The van der Waals surface area contributed by atoms with Crippen molar-refractivity contribution in [2.75, 3.05) is 5.73 Å². The first-order valence-electron chi connectivity index (χ1n) is 5.93. The van der Waals surface area contributed by atoms with E-state index in [2.05, 4.69) is 26.3 Å². The van der Waals surface area contributed by atoms with Crippen molar-refractivity contribution < 1.29 is 4.79 Å². The summed E-state index contributed by atoms with van der Waals surface area (Å²) >= 11 is 3.26. The molecule has 0 aliphatic heterocycles. The van der Waals surface area contributed by atoms with E-state index in [1.165, 1.54) is 19.3 Å². The number of halogens is 1. The molecule has 0 atom stereocenters. The highest BCUT2D eigenvalue weighted by atomic mass is 79.9. The van der Waals surface area contributed by atoms with Crippen LogP contribution >= 0.6 is 15.9 Å². The van der Waals surface area contributed by atoms with Crippen LogP contribution in [0, 0.1) is 0 Å². The van der Waals surface area contributed by atoms with Gasteiger partial charge in [-0.15, -0.1) is 0 Å². The van der Waals surface area contributed by atoms with E-state index in [4.69, 9.17) is 5.73 Å². The van der Waals surface area contributed by atoms with Crippen LogP contribution in [0.3, 0.4) is 0 Å². The normalized spacial score (nSPS) is 17.0. The lowest BCUT2D eigenvalue weighted by molar-refractivity contribution is -0.122. The summed E-state index contributed by atoms with van der Waals surface area (Å²) in [6.45, 7) is 0.228. The molecule has 0 radical (unpaired) electrons. The van der Waals surface area contributed by atoms with Crippen LogP contribution in [0.15, 0.2) is 10.7 Å². The van der Waals surface area contributed by atoms with Crippen LogP contribution in [-0.2, 0) is 11.3 Å². The minimum absolute atomic E-state index is 0.00639. The van der Waals surface area contributed by atoms with Crippen molar-refractivity contribution in [2.45, 2.75) is 44.7 Å². The number of carbonyl (C=O) groups excluding carboxylic acids is 1. The van der Waals surface area contributed by atoms with Crippen LogP contribution in [0.2, 0.25) is 0 Å². The van der Waals surface area contributed by atoms with Gasteiger partial charge in [0.15, 0.2) is 5.82 Å². The molecule has 0 unspecified atom stereocenters. The molecule has 17 heavy (non-hydrogen) atoms. The molecule has 1 amide bonds. The van der Waals surface area contributed by atoms with Gasteiger partial charge in [0.1, 0.15) is 6.54 Å². The molecule has 1 aromatic heterocycles. The molecule has 0 bridgehead atoms. The number of nitrogens with one attached hydrogen (secondary N) is 1. The first-order chi connectivity index (χ1) is 8.15. The number of anilines is 1. The summed E-state index contributed by atoms with van der Waals surface area (Å²) in [5, 5.41) is 7.07. The molecule has 1 fully saturated rings. The molecular weight excluding hydrogens is 284 g/mol. The van der Waals surface area contributed by atoms with Crippen LogP contribution in [0.5, 0.6) is 0 Å². The molecule has 0 aromatic carbocycles. The smallest absolute Gasteiger partial charge is 0.241 e. The summed E-state index contributed by atoms with van der Waals surface area (Å²) in [5.41, 5.74) is 5.59. The predicted octanol–water partition coefficient (Wildman–Crippen LogP) is 1.68. The van der Waals surface area contributed by atoms with Crippen molar-refractivity contribution in [1.82, 2.24) is 15.1 Å². The number of hydrogen-bond donors (Lipinski definition) is 2. The van der Waals surface area contributed by atoms with Crippen LogP contribution in [0.4, 0.5) is 5.82 Å². The van der Waals surface area contributed by atoms with Gasteiger partial charge in [0.25, 0.3) is 0 Å². The van der Waals surface area contributed by atoms with Gasteiger partial charge in [-0.3, -0.25) is 9.48 Å². The van der Waals surface area contributed by atoms with Gasteiger partial charge in [-0.1, -0.05) is 19.3 Å². The molecule has 1 saturated carbocycles. The zero-order chi connectivity index (χ0) is 12.3. The number of hydrogen-bond acceptors (Lipinski definition) is 3. The van der Waals surface area contributed by atoms with Crippen molar-refractivity contribution in [1.29, 1.82) is 0 Å². The van der Waals surface area contributed by atoms with Crippen LogP contribution in [0.1, 0.15) is 32.1 Å². The van der Waals surface area contributed by atoms with Crippen molar-refractivity contribution >= 4 is 27.7 Å². The van der Waals surface area contributed by atoms with E-state index < -0.39 is 0 Å². The highest BCUT2D eigenvalue weighted by molar-refractivity contribution is 9.10. The van der Waals surface area contributed by atoms with Gasteiger partial charge >= 0.3 is 0 Å². The second kappa shape index (κ2) is 5.53. The first kappa shape index (κ1) is 12.4. The molecule has 6 heteroatoms. The minimum Gasteiger partial charge on any atom is -0.381 e. The maximum Gasteiger partial charge on any atom is 0.241 e. The maximum atomic E-state index is 11.8. The van der Waals surface area contributed by atoms with E-state index >= 15 is 0 Å². The average Bonchev–Trinajstić information content (AvgIpc) is 2.59. The van der Waals surface area contributed by atoms with Crippen molar-refractivity contribution in [3.05, 3.63) is 10.7 Å². The summed E-state index contributed by atoms with van der Waals surface area (Å²) < 4.78 is 2.28. The van der Waals surface area contributed by atoms with Gasteiger partial charge in [-0.2, -0.15) is 5.10 Å². The monoisotopic (exact) mass is 300 g/mol. The molecule has 1 aliphatic rings. The molecule has 3 N–H and O–H groups in total. The topological polar surface area (TPSA) is 72.9 Å². The van der Waals surface area contributed by atoms with E-state index in [9.17, 15) is 4.79 Å². The second-order valence-electron chi connectivity index (χ2n) is 4.46. The lowest BCUT2D eigenvalue weighted by atomic mass is 9.95. The highest BCUT2D eigenvalue weighted by Gasteiger charge is 2.16. The number of carbonyl (C=O) groups is 1. The fraction of sp³-hybridized carbons (Fsp3) is 0.636. The van der Waals surface area contributed by atoms with E-state index in [0.717, 1.165) is 17.3 Å². The van der Waals surface area contributed by atoms with Crippen molar-refractivity contribution in [2.24, 2.45) is 0 Å². The Bertz CT molecular complexity index is 379. The van der Waals surface area contributed by atoms with E-state index in [0.29, 0.717) is 11.9 Å². The van der Waals surface area contributed by atoms with E-state index in [1.807, 2.05) is 0 Å². The van der Waals surface area contributed by atoms with Gasteiger partial charge in [0.2, 0.25) is 5.91 Å². The summed E-state index contributed by atoms with van der Waals surface area (Å²) in [7, 11) is 0. The van der Waals surface area contributed by atoms with Gasteiger partial charge in [0.05, 0.1) is 4.47 Å². The Hall–Kier alpha value is -1.04. The quantitative estimate of drug-likeness (QED) is 0.892. The molecule has 5 nitrogen and oxygen atoms in total. The zero-order valence-corrected chi connectivity index (χ0v) is 11.2. The Morgan fingerprint density at radius 2 is 2.24 bits per heavy atom. The Morgan fingerprint density at radius 3 is 2.82 bits per heavy atom. The predicted molar refractivity (Wildman–Crippen MR) is 69.4 cm³/mol. The van der Waals surface area contributed by atoms with Crippen molar-refractivity contribution in [3.63, 3.8) is 0 Å². The van der Waals surface area contributed by atoms with Gasteiger partial charge < -0.3 is 11.1 Å². The lowest BCUT2D eigenvalue weighted by Gasteiger charge is -2.22. The van der Waals surface area contributed by atoms with E-state index in [1.54, 1.807) is 10.9 Å². The standard InChI is InChI=1S/C11H17BrN4O/c12-9-6-16(15-11(9)13)7-10(17)14-8-4-2-1-3-5-8/h6,8H,1-5,7H2,(H2,13,15)(H,14,17). The maximum absolute atomic E-state index is 11.8. The van der Waals surface area contributed by atoms with Gasteiger partial charge in [0, 0.05) is 12.2 Å². The molecule has 1 aromatic rings. The molecule has 2 rings (SSSR count). The molecule has 1 heterocycles. The Morgan fingerprint density at radius 1 is 1.53 bits per heavy atom. The lowest BCUT2D eigenvalue weighted by Crippen LogP contribution is -2.38. The summed E-state index contributed by atoms with van der Waals surface area (Å²) in [6, 6.07) is 0.340.